The van der Waals surface area contributed by atoms with Crippen LogP contribution in [0.4, 0.5) is 10.2 Å². The summed E-state index contributed by atoms with van der Waals surface area (Å²) in [5.74, 6) is 0.633. The van der Waals surface area contributed by atoms with Crippen LogP contribution in [0, 0.1) is 5.82 Å². The topological polar surface area (TPSA) is 105 Å². The van der Waals surface area contributed by atoms with Gasteiger partial charge in [-0.3, -0.25) is 0 Å². The molecule has 0 radical (unpaired) electrons. The number of nitrogens with zero attached hydrogens (tertiary/aromatic N) is 4. The van der Waals surface area contributed by atoms with E-state index in [-0.39, 0.29) is 5.82 Å². The molecule has 0 fully saturated rings. The average Bonchev–Trinajstić information content (AvgIpc) is 3.36. The van der Waals surface area contributed by atoms with E-state index in [1.807, 2.05) is 25.1 Å². The third kappa shape index (κ3) is 4.15. The summed E-state index contributed by atoms with van der Waals surface area (Å²) in [7, 11) is 1.56. The van der Waals surface area contributed by atoms with Crippen LogP contribution < -0.4 is 15.2 Å². The number of carbonyl (C=O) groups is 1. The van der Waals surface area contributed by atoms with Crippen molar-refractivity contribution in [3.8, 4) is 22.8 Å². The third-order valence-corrected chi connectivity index (χ3v) is 7.34. The fourth-order valence-corrected chi connectivity index (χ4v) is 5.33. The summed E-state index contributed by atoms with van der Waals surface area (Å²) in [6, 6.07) is 18.0. The number of rotatable bonds is 6. The van der Waals surface area contributed by atoms with Gasteiger partial charge in [0, 0.05) is 16.7 Å². The Labute approximate surface area is 233 Å². The lowest BCUT2D eigenvalue weighted by molar-refractivity contribution is -0.108. The zero-order valence-corrected chi connectivity index (χ0v) is 22.3. The van der Waals surface area contributed by atoms with Gasteiger partial charge in [0.25, 0.3) is 0 Å². The first-order valence-electron chi connectivity index (χ1n) is 12.5. The molecule has 6 rings (SSSR count). The zero-order chi connectivity index (χ0) is 28.0. The summed E-state index contributed by atoms with van der Waals surface area (Å²) in [4.78, 5) is 21.3. The van der Waals surface area contributed by atoms with Gasteiger partial charge in [-0.05, 0) is 48.9 Å². The number of para-hydroxylation sites is 1. The Kier molecular flexibility index (Phi) is 6.43. The fourth-order valence-electron chi connectivity index (χ4n) is 5.12. The molecule has 10 heteroatoms. The molecule has 0 spiro atoms. The van der Waals surface area contributed by atoms with Crippen LogP contribution in [0.25, 0.3) is 27.9 Å². The van der Waals surface area contributed by atoms with Crippen molar-refractivity contribution in [1.29, 1.82) is 0 Å². The summed E-state index contributed by atoms with van der Waals surface area (Å²) in [6.45, 7) is 1.87. The van der Waals surface area contributed by atoms with E-state index in [4.69, 9.17) is 31.9 Å². The molecule has 200 valence electrons. The van der Waals surface area contributed by atoms with Crippen molar-refractivity contribution in [2.45, 2.75) is 18.9 Å². The highest BCUT2D eigenvalue weighted by Gasteiger charge is 2.35. The Balaban J connectivity index is 1.61. The predicted octanol–water partition coefficient (Wildman–Crippen LogP) is 6.22. The second kappa shape index (κ2) is 10.1. The summed E-state index contributed by atoms with van der Waals surface area (Å²) >= 11 is 6.60. The molecule has 1 aliphatic rings. The van der Waals surface area contributed by atoms with E-state index in [9.17, 15) is 9.18 Å². The van der Waals surface area contributed by atoms with E-state index in [1.54, 1.807) is 48.2 Å². The first kappa shape index (κ1) is 25.5. The zero-order valence-electron chi connectivity index (χ0n) is 21.5. The Bertz CT molecular complexity index is 1820. The van der Waals surface area contributed by atoms with E-state index in [0.717, 1.165) is 6.29 Å². The van der Waals surface area contributed by atoms with Gasteiger partial charge >= 0.3 is 0 Å². The summed E-state index contributed by atoms with van der Waals surface area (Å²) in [5.41, 5.74) is 9.56. The number of aromatic nitrogens is 4. The van der Waals surface area contributed by atoms with E-state index in [1.165, 1.54) is 18.5 Å². The van der Waals surface area contributed by atoms with Crippen molar-refractivity contribution < 1.29 is 18.7 Å². The molecule has 0 amide bonds. The molecule has 40 heavy (non-hydrogen) atoms. The molecule has 2 unspecified atom stereocenters. The highest BCUT2D eigenvalue weighted by atomic mass is 35.5. The molecule has 1 aliphatic heterocycles. The van der Waals surface area contributed by atoms with E-state index in [2.05, 4.69) is 9.97 Å². The lowest BCUT2D eigenvalue weighted by Crippen LogP contribution is -2.23. The number of carbonyl (C=O) groups excluding carboxylic acids is 1. The highest BCUT2D eigenvalue weighted by molar-refractivity contribution is 6.33. The summed E-state index contributed by atoms with van der Waals surface area (Å²) in [6.07, 6.45) is 2.20. The van der Waals surface area contributed by atoms with Gasteiger partial charge in [0.05, 0.1) is 23.4 Å². The summed E-state index contributed by atoms with van der Waals surface area (Å²) in [5, 5.41) is 5.84. The average molecular weight is 556 g/mol. The molecule has 0 aliphatic carbocycles. The largest absolute Gasteiger partial charge is 0.497 e. The number of methoxy groups -OCH3 is 1. The number of allylic oxidation sites excluding steroid dienone is 2. The number of nitrogens with two attached hydrogens (primary N) is 1. The Morgan fingerprint density at radius 1 is 1.12 bits per heavy atom. The van der Waals surface area contributed by atoms with E-state index >= 15 is 0 Å². The molecule has 0 saturated heterocycles. The van der Waals surface area contributed by atoms with Crippen LogP contribution in [0.1, 0.15) is 30.0 Å². The number of ether oxygens (including phenoxy) is 2. The molecule has 3 aromatic carbocycles. The number of benzene rings is 3. The molecule has 2 atom stereocenters. The van der Waals surface area contributed by atoms with Crippen LogP contribution in [0.3, 0.4) is 0 Å². The number of nitrogen functional groups attached to an aromatic ring is 1. The lowest BCUT2D eigenvalue weighted by atomic mass is 9.83. The van der Waals surface area contributed by atoms with Crippen LogP contribution in [-0.4, -0.2) is 33.1 Å². The molecule has 2 aromatic heterocycles. The maximum absolute atomic E-state index is 14.4. The van der Waals surface area contributed by atoms with Gasteiger partial charge in [-0.1, -0.05) is 41.9 Å². The molecule has 0 saturated carbocycles. The van der Waals surface area contributed by atoms with Gasteiger partial charge < -0.3 is 20.0 Å². The quantitative estimate of drug-likeness (QED) is 0.248. The Morgan fingerprint density at radius 3 is 2.73 bits per heavy atom. The minimum absolute atomic E-state index is 0.220. The fraction of sp³-hybridized carbons (Fsp3) is 0.133. The molecular formula is C30H23ClFN5O3. The van der Waals surface area contributed by atoms with Crippen molar-refractivity contribution in [2.75, 3.05) is 12.8 Å². The molecule has 3 heterocycles. The SMILES string of the molecule is COc1ccc(Cl)c(-c2nn(C(C)C3=C(c4cccc(F)c4)C(C=O)c4ccccc4O3)c3ncnc(N)c23)c1. The van der Waals surface area contributed by atoms with Crippen LogP contribution >= 0.6 is 11.6 Å². The second-order valence-corrected chi connectivity index (χ2v) is 9.72. The first-order chi connectivity index (χ1) is 19.4. The van der Waals surface area contributed by atoms with Crippen LogP contribution in [0.15, 0.2) is 78.8 Å². The van der Waals surface area contributed by atoms with Gasteiger partial charge in [-0.2, -0.15) is 5.10 Å². The standard InChI is InChI=1S/C30H23ClFN5O3/c1-16(28-25(17-6-5-7-18(32)12-17)22(14-38)20-8-3-4-9-24(20)40-28)37-30-26(29(33)34-15-35-30)27(36-37)21-13-19(39-2)10-11-23(21)31/h3-16,22H,1-2H3,(H2,33,34,35). The molecule has 0 bridgehead atoms. The minimum Gasteiger partial charge on any atom is -0.497 e. The van der Waals surface area contributed by atoms with Crippen molar-refractivity contribution >= 4 is 40.3 Å². The molecule has 8 nitrogen and oxygen atoms in total. The number of anilines is 1. The lowest BCUT2D eigenvalue weighted by Gasteiger charge is -2.31. The maximum atomic E-state index is 14.4. The normalized spacial score (nSPS) is 15.4. The van der Waals surface area contributed by atoms with Gasteiger partial charge in [0.15, 0.2) is 5.65 Å². The number of hydrogen-bond donors (Lipinski definition) is 1. The van der Waals surface area contributed by atoms with Crippen LogP contribution in [0.5, 0.6) is 11.5 Å². The monoisotopic (exact) mass is 555 g/mol. The maximum Gasteiger partial charge on any atom is 0.164 e. The summed E-state index contributed by atoms with van der Waals surface area (Å²) < 4.78 is 27.9. The van der Waals surface area contributed by atoms with Gasteiger partial charge in [0.2, 0.25) is 0 Å². The van der Waals surface area contributed by atoms with Gasteiger partial charge in [0.1, 0.15) is 53.2 Å². The molecular weight excluding hydrogens is 533 g/mol. The smallest absolute Gasteiger partial charge is 0.164 e. The number of fused-ring (bicyclic) bond motifs is 2. The van der Waals surface area contributed by atoms with Crippen molar-refractivity contribution in [3.05, 3.63) is 101 Å². The van der Waals surface area contributed by atoms with E-state index < -0.39 is 17.8 Å². The number of aldehydes is 1. The van der Waals surface area contributed by atoms with Crippen molar-refractivity contribution in [3.63, 3.8) is 0 Å². The van der Waals surface area contributed by atoms with Crippen LogP contribution in [-0.2, 0) is 4.79 Å². The number of halogens is 2. The van der Waals surface area contributed by atoms with Crippen molar-refractivity contribution in [1.82, 2.24) is 19.7 Å². The minimum atomic E-state index is -0.696. The third-order valence-electron chi connectivity index (χ3n) is 7.02. The molecule has 5 aromatic rings. The van der Waals surface area contributed by atoms with Gasteiger partial charge in [-0.25, -0.2) is 19.0 Å². The Hall–Kier alpha value is -4.76. The second-order valence-electron chi connectivity index (χ2n) is 9.31. The first-order valence-corrected chi connectivity index (χ1v) is 12.8. The number of hydrogen-bond acceptors (Lipinski definition) is 7. The van der Waals surface area contributed by atoms with E-state index in [0.29, 0.717) is 61.3 Å². The predicted molar refractivity (Wildman–Crippen MR) is 151 cm³/mol. The molecule has 2 N–H and O–H groups in total. The highest BCUT2D eigenvalue weighted by Crippen LogP contribution is 2.46. The van der Waals surface area contributed by atoms with Gasteiger partial charge in [-0.15, -0.1) is 0 Å². The van der Waals surface area contributed by atoms with Crippen LogP contribution in [0.2, 0.25) is 5.02 Å². The Morgan fingerprint density at radius 2 is 1.95 bits per heavy atom. The van der Waals surface area contributed by atoms with Crippen molar-refractivity contribution in [2.24, 2.45) is 0 Å².